The average Bonchev–Trinajstić information content (AvgIpc) is 2.87. The van der Waals surface area contributed by atoms with Gasteiger partial charge in [0.15, 0.2) is 5.69 Å². The van der Waals surface area contributed by atoms with Crippen molar-refractivity contribution in [2.24, 2.45) is 0 Å². The number of aryl methyl sites for hydroxylation is 3. The normalized spacial score (nSPS) is 10.4. The fourth-order valence-electron chi connectivity index (χ4n) is 1.96. The number of nitrogens with one attached hydrogen (secondary N) is 1. The Morgan fingerprint density at radius 1 is 1.32 bits per heavy atom. The number of ether oxygens (including phenoxy) is 1. The van der Waals surface area contributed by atoms with Gasteiger partial charge in [-0.3, -0.25) is 5.10 Å². The first-order valence-corrected chi connectivity index (χ1v) is 6.46. The molecule has 2 rings (SSSR count). The Hall–Kier alpha value is -2.10. The fraction of sp³-hybridized carbons (Fsp3) is 0.333. The predicted octanol–water partition coefficient (Wildman–Crippen LogP) is 2.68. The van der Waals surface area contributed by atoms with Crippen LogP contribution in [0.5, 0.6) is 0 Å². The molecule has 1 aromatic carbocycles. The molecule has 1 heterocycles. The molecule has 0 amide bonds. The Morgan fingerprint density at radius 3 is 2.84 bits per heavy atom. The van der Waals surface area contributed by atoms with Gasteiger partial charge in [-0.1, -0.05) is 24.3 Å². The standard InChI is InChI=1S/C15H18N2O2/c1-3-19-15(18)14-10-13(16-17-14)9-8-12-7-5-4-6-11(12)2/h4-7,10H,3,8-9H2,1-2H3,(H,16,17). The van der Waals surface area contributed by atoms with Crippen molar-refractivity contribution in [3.05, 3.63) is 52.8 Å². The summed E-state index contributed by atoms with van der Waals surface area (Å²) in [7, 11) is 0. The number of H-pyrrole nitrogens is 1. The van der Waals surface area contributed by atoms with Crippen molar-refractivity contribution < 1.29 is 9.53 Å². The third-order valence-electron chi connectivity index (χ3n) is 3.04. The molecule has 0 saturated carbocycles. The first kappa shape index (κ1) is 13.3. The van der Waals surface area contributed by atoms with Crippen molar-refractivity contribution in [2.45, 2.75) is 26.7 Å². The number of hydrogen-bond acceptors (Lipinski definition) is 3. The van der Waals surface area contributed by atoms with Gasteiger partial charge >= 0.3 is 5.97 Å². The summed E-state index contributed by atoms with van der Waals surface area (Å²) in [5, 5.41) is 6.85. The van der Waals surface area contributed by atoms with Crippen LogP contribution in [0.2, 0.25) is 0 Å². The minimum absolute atomic E-state index is 0.349. The van der Waals surface area contributed by atoms with E-state index in [1.54, 1.807) is 13.0 Å². The van der Waals surface area contributed by atoms with E-state index in [2.05, 4.69) is 29.3 Å². The number of carbonyl (C=O) groups is 1. The molecule has 1 N–H and O–H groups in total. The predicted molar refractivity (Wildman–Crippen MR) is 73.1 cm³/mol. The number of carbonyl (C=O) groups excluding carboxylic acids is 1. The second kappa shape index (κ2) is 6.18. The molecule has 0 fully saturated rings. The number of nitrogens with zero attached hydrogens (tertiary/aromatic N) is 1. The third-order valence-corrected chi connectivity index (χ3v) is 3.04. The van der Waals surface area contributed by atoms with E-state index in [4.69, 9.17) is 4.74 Å². The SMILES string of the molecule is CCOC(=O)c1cc(CCc2ccccc2C)[nH]n1. The number of aromatic nitrogens is 2. The molecule has 0 unspecified atom stereocenters. The highest BCUT2D eigenvalue weighted by molar-refractivity contribution is 5.87. The van der Waals surface area contributed by atoms with Crippen molar-refractivity contribution in [3.63, 3.8) is 0 Å². The van der Waals surface area contributed by atoms with Crippen LogP contribution in [0.4, 0.5) is 0 Å². The molecule has 0 aliphatic carbocycles. The van der Waals surface area contributed by atoms with E-state index in [9.17, 15) is 4.79 Å². The molecule has 0 aliphatic heterocycles. The average molecular weight is 258 g/mol. The van der Waals surface area contributed by atoms with Gasteiger partial charge in [0.2, 0.25) is 0 Å². The van der Waals surface area contributed by atoms with Crippen LogP contribution >= 0.6 is 0 Å². The van der Waals surface area contributed by atoms with E-state index >= 15 is 0 Å². The van der Waals surface area contributed by atoms with Crippen LogP contribution in [0.3, 0.4) is 0 Å². The van der Waals surface area contributed by atoms with E-state index in [-0.39, 0.29) is 5.97 Å². The molecule has 1 aromatic heterocycles. The minimum atomic E-state index is -0.374. The molecule has 0 saturated heterocycles. The molecule has 0 bridgehead atoms. The van der Waals surface area contributed by atoms with Gasteiger partial charge in [-0.05, 0) is 43.9 Å². The van der Waals surface area contributed by atoms with E-state index in [1.807, 2.05) is 12.1 Å². The van der Waals surface area contributed by atoms with Gasteiger partial charge in [-0.15, -0.1) is 0 Å². The number of rotatable bonds is 5. The molecule has 4 nitrogen and oxygen atoms in total. The zero-order valence-electron chi connectivity index (χ0n) is 11.3. The number of aromatic amines is 1. The first-order chi connectivity index (χ1) is 9.20. The lowest BCUT2D eigenvalue weighted by molar-refractivity contribution is 0.0519. The van der Waals surface area contributed by atoms with Crippen molar-refractivity contribution in [3.8, 4) is 0 Å². The molecule has 0 atom stereocenters. The van der Waals surface area contributed by atoms with Crippen LogP contribution in [0, 0.1) is 6.92 Å². The van der Waals surface area contributed by atoms with E-state index in [1.165, 1.54) is 11.1 Å². The van der Waals surface area contributed by atoms with E-state index in [0.29, 0.717) is 12.3 Å². The molecule has 4 heteroatoms. The van der Waals surface area contributed by atoms with Gasteiger partial charge in [0.25, 0.3) is 0 Å². The number of hydrogen-bond donors (Lipinski definition) is 1. The van der Waals surface area contributed by atoms with Gasteiger partial charge in [0.1, 0.15) is 0 Å². The second-order valence-corrected chi connectivity index (χ2v) is 4.43. The zero-order chi connectivity index (χ0) is 13.7. The molecule has 100 valence electrons. The summed E-state index contributed by atoms with van der Waals surface area (Å²) in [6.45, 7) is 4.25. The Kier molecular flexibility index (Phi) is 4.34. The van der Waals surface area contributed by atoms with Gasteiger partial charge in [-0.2, -0.15) is 5.10 Å². The monoisotopic (exact) mass is 258 g/mol. The van der Waals surface area contributed by atoms with Gasteiger partial charge in [0.05, 0.1) is 6.61 Å². The largest absolute Gasteiger partial charge is 0.461 e. The van der Waals surface area contributed by atoms with Crippen LogP contribution in [0.1, 0.15) is 34.2 Å². The number of esters is 1. The molecule has 2 aromatic rings. The summed E-state index contributed by atoms with van der Waals surface area (Å²) in [5.41, 5.74) is 3.90. The molecule has 0 aliphatic rings. The summed E-state index contributed by atoms with van der Waals surface area (Å²) in [6.07, 6.45) is 1.76. The van der Waals surface area contributed by atoms with Crippen LogP contribution in [-0.4, -0.2) is 22.8 Å². The summed E-state index contributed by atoms with van der Waals surface area (Å²) in [5.74, 6) is -0.374. The molecule has 0 spiro atoms. The molecule has 0 radical (unpaired) electrons. The lowest BCUT2D eigenvalue weighted by atomic mass is 10.0. The maximum absolute atomic E-state index is 11.5. The Labute approximate surface area is 112 Å². The van der Waals surface area contributed by atoms with E-state index in [0.717, 1.165) is 18.5 Å². The van der Waals surface area contributed by atoms with Crippen LogP contribution < -0.4 is 0 Å². The van der Waals surface area contributed by atoms with Crippen molar-refractivity contribution in [2.75, 3.05) is 6.61 Å². The number of benzene rings is 1. The quantitative estimate of drug-likeness (QED) is 0.839. The lowest BCUT2D eigenvalue weighted by Crippen LogP contribution is -2.04. The fourth-order valence-corrected chi connectivity index (χ4v) is 1.96. The van der Waals surface area contributed by atoms with Crippen LogP contribution in [0.15, 0.2) is 30.3 Å². The van der Waals surface area contributed by atoms with Gasteiger partial charge in [0, 0.05) is 5.69 Å². The second-order valence-electron chi connectivity index (χ2n) is 4.43. The molecular formula is C15H18N2O2. The molecular weight excluding hydrogens is 240 g/mol. The zero-order valence-corrected chi connectivity index (χ0v) is 11.3. The maximum atomic E-state index is 11.5. The van der Waals surface area contributed by atoms with Crippen molar-refractivity contribution in [1.82, 2.24) is 10.2 Å². The van der Waals surface area contributed by atoms with Gasteiger partial charge < -0.3 is 4.74 Å². The van der Waals surface area contributed by atoms with Crippen molar-refractivity contribution in [1.29, 1.82) is 0 Å². The molecule has 19 heavy (non-hydrogen) atoms. The lowest BCUT2D eigenvalue weighted by Gasteiger charge is -2.03. The highest BCUT2D eigenvalue weighted by Gasteiger charge is 2.11. The Morgan fingerprint density at radius 2 is 2.11 bits per heavy atom. The third kappa shape index (κ3) is 3.44. The summed E-state index contributed by atoms with van der Waals surface area (Å²) in [4.78, 5) is 11.5. The first-order valence-electron chi connectivity index (χ1n) is 6.46. The highest BCUT2D eigenvalue weighted by atomic mass is 16.5. The topological polar surface area (TPSA) is 55.0 Å². The van der Waals surface area contributed by atoms with Crippen LogP contribution in [0.25, 0.3) is 0 Å². The Balaban J connectivity index is 1.97. The summed E-state index contributed by atoms with van der Waals surface area (Å²) in [6, 6.07) is 10.1. The maximum Gasteiger partial charge on any atom is 0.358 e. The smallest absolute Gasteiger partial charge is 0.358 e. The van der Waals surface area contributed by atoms with E-state index < -0.39 is 0 Å². The summed E-state index contributed by atoms with van der Waals surface area (Å²) < 4.78 is 4.90. The minimum Gasteiger partial charge on any atom is -0.461 e. The van der Waals surface area contributed by atoms with Crippen LogP contribution in [-0.2, 0) is 17.6 Å². The van der Waals surface area contributed by atoms with Crippen molar-refractivity contribution >= 4 is 5.97 Å². The highest BCUT2D eigenvalue weighted by Crippen LogP contribution is 2.11. The Bertz CT molecular complexity index is 561. The summed E-state index contributed by atoms with van der Waals surface area (Å²) >= 11 is 0. The van der Waals surface area contributed by atoms with Gasteiger partial charge in [-0.25, -0.2) is 4.79 Å².